The Labute approximate surface area is 120 Å². The van der Waals surface area contributed by atoms with E-state index in [4.69, 9.17) is 9.47 Å². The predicted molar refractivity (Wildman–Crippen MR) is 72.6 cm³/mol. The van der Waals surface area contributed by atoms with Crippen LogP contribution in [0.2, 0.25) is 0 Å². The SMILES string of the molecule is CO[C@@H]1COC[C@@H]1NC(=O)NCc1ccc2nonc2c1. The molecule has 1 aliphatic heterocycles. The Bertz CT molecular complexity index is 629. The monoisotopic (exact) mass is 292 g/mol. The number of benzene rings is 1. The van der Waals surface area contributed by atoms with Crippen molar-refractivity contribution >= 4 is 17.1 Å². The maximum atomic E-state index is 11.9. The lowest BCUT2D eigenvalue weighted by Crippen LogP contribution is -2.47. The van der Waals surface area contributed by atoms with Crippen LogP contribution in [0.4, 0.5) is 4.79 Å². The number of methoxy groups -OCH3 is 1. The Morgan fingerprint density at radius 2 is 2.24 bits per heavy atom. The van der Waals surface area contributed by atoms with Crippen LogP contribution in [0.15, 0.2) is 22.8 Å². The third-order valence-electron chi connectivity index (χ3n) is 3.42. The molecule has 0 aliphatic carbocycles. The number of amides is 2. The first-order valence-corrected chi connectivity index (χ1v) is 6.62. The normalized spacial score (nSPS) is 21.6. The number of nitrogens with one attached hydrogen (secondary N) is 2. The van der Waals surface area contributed by atoms with E-state index in [0.717, 1.165) is 5.56 Å². The molecule has 2 atom stereocenters. The summed E-state index contributed by atoms with van der Waals surface area (Å²) in [5.41, 5.74) is 2.27. The van der Waals surface area contributed by atoms with Crippen molar-refractivity contribution in [1.82, 2.24) is 20.9 Å². The zero-order valence-corrected chi connectivity index (χ0v) is 11.5. The van der Waals surface area contributed by atoms with Crippen molar-refractivity contribution in [2.45, 2.75) is 18.7 Å². The Hall–Kier alpha value is -2.19. The van der Waals surface area contributed by atoms with Crippen LogP contribution in [0.25, 0.3) is 11.0 Å². The topological polar surface area (TPSA) is 98.5 Å². The standard InChI is InChI=1S/C13H16N4O4/c1-19-12-7-20-6-11(12)15-13(18)14-5-8-2-3-9-10(4-8)17-21-16-9/h2-4,11-12H,5-7H2,1H3,(H2,14,15,18)/t11-,12+/m0/s1. The lowest BCUT2D eigenvalue weighted by molar-refractivity contribution is 0.0745. The molecule has 1 aromatic carbocycles. The predicted octanol–water partition coefficient (Wildman–Crippen LogP) is 0.436. The van der Waals surface area contributed by atoms with Crippen molar-refractivity contribution in [3.05, 3.63) is 23.8 Å². The number of hydrogen-bond acceptors (Lipinski definition) is 6. The summed E-state index contributed by atoms with van der Waals surface area (Å²) in [5, 5.41) is 13.1. The van der Waals surface area contributed by atoms with Crippen LogP contribution in [-0.2, 0) is 16.0 Å². The second-order valence-corrected chi connectivity index (χ2v) is 4.83. The molecule has 2 heterocycles. The van der Waals surface area contributed by atoms with Gasteiger partial charge in [0.1, 0.15) is 17.1 Å². The van der Waals surface area contributed by atoms with Gasteiger partial charge in [-0.1, -0.05) is 6.07 Å². The quantitative estimate of drug-likeness (QED) is 0.848. The Balaban J connectivity index is 1.53. The molecule has 0 spiro atoms. The molecular formula is C13H16N4O4. The van der Waals surface area contributed by atoms with Gasteiger partial charge in [0.15, 0.2) is 0 Å². The van der Waals surface area contributed by atoms with Gasteiger partial charge in [0.05, 0.1) is 19.3 Å². The molecule has 0 bridgehead atoms. The maximum absolute atomic E-state index is 11.9. The molecule has 112 valence electrons. The molecule has 8 heteroatoms. The first-order valence-electron chi connectivity index (χ1n) is 6.62. The molecule has 1 fully saturated rings. The molecule has 1 aromatic heterocycles. The lowest BCUT2D eigenvalue weighted by atomic mass is 10.2. The molecule has 21 heavy (non-hydrogen) atoms. The van der Waals surface area contributed by atoms with Crippen molar-refractivity contribution < 1.29 is 18.9 Å². The Morgan fingerprint density at radius 1 is 1.38 bits per heavy atom. The number of urea groups is 1. The largest absolute Gasteiger partial charge is 0.377 e. The second-order valence-electron chi connectivity index (χ2n) is 4.83. The molecule has 0 saturated carbocycles. The summed E-state index contributed by atoms with van der Waals surface area (Å²) in [6.07, 6.45) is -0.103. The first-order chi connectivity index (χ1) is 10.3. The number of aromatic nitrogens is 2. The molecular weight excluding hydrogens is 276 g/mol. The van der Waals surface area contributed by atoms with E-state index in [0.29, 0.717) is 30.8 Å². The minimum absolute atomic E-state index is 0.103. The average Bonchev–Trinajstić information content (AvgIpc) is 3.12. The van der Waals surface area contributed by atoms with E-state index in [9.17, 15) is 4.79 Å². The minimum Gasteiger partial charge on any atom is -0.377 e. The molecule has 2 aromatic rings. The summed E-state index contributed by atoms with van der Waals surface area (Å²) in [5.74, 6) is 0. The van der Waals surface area contributed by atoms with Gasteiger partial charge in [0.2, 0.25) is 0 Å². The Kier molecular flexibility index (Phi) is 3.98. The van der Waals surface area contributed by atoms with Crippen molar-refractivity contribution in [1.29, 1.82) is 0 Å². The highest BCUT2D eigenvalue weighted by molar-refractivity contribution is 5.75. The lowest BCUT2D eigenvalue weighted by Gasteiger charge is -2.17. The van der Waals surface area contributed by atoms with Crippen molar-refractivity contribution in [2.24, 2.45) is 0 Å². The molecule has 8 nitrogen and oxygen atoms in total. The van der Waals surface area contributed by atoms with E-state index in [2.05, 4.69) is 25.6 Å². The average molecular weight is 292 g/mol. The number of fused-ring (bicyclic) bond motifs is 1. The summed E-state index contributed by atoms with van der Waals surface area (Å²) in [6.45, 7) is 1.35. The van der Waals surface area contributed by atoms with Gasteiger partial charge in [-0.25, -0.2) is 9.42 Å². The van der Waals surface area contributed by atoms with E-state index in [-0.39, 0.29) is 18.2 Å². The van der Waals surface area contributed by atoms with Crippen LogP contribution >= 0.6 is 0 Å². The van der Waals surface area contributed by atoms with E-state index in [1.165, 1.54) is 0 Å². The third-order valence-corrected chi connectivity index (χ3v) is 3.42. The molecule has 0 radical (unpaired) electrons. The zero-order valence-electron chi connectivity index (χ0n) is 11.5. The van der Waals surface area contributed by atoms with Crippen LogP contribution in [-0.4, -0.2) is 48.8 Å². The number of carbonyl (C=O) groups is 1. The number of ether oxygens (including phenoxy) is 2. The van der Waals surface area contributed by atoms with Gasteiger partial charge >= 0.3 is 6.03 Å². The fourth-order valence-electron chi connectivity index (χ4n) is 2.24. The highest BCUT2D eigenvalue weighted by atomic mass is 16.6. The van der Waals surface area contributed by atoms with Gasteiger partial charge in [-0.15, -0.1) is 0 Å². The number of nitrogens with zero attached hydrogens (tertiary/aromatic N) is 2. The van der Waals surface area contributed by atoms with E-state index < -0.39 is 0 Å². The molecule has 1 saturated heterocycles. The smallest absolute Gasteiger partial charge is 0.315 e. The van der Waals surface area contributed by atoms with Crippen LogP contribution < -0.4 is 10.6 Å². The highest BCUT2D eigenvalue weighted by Gasteiger charge is 2.29. The number of hydrogen-bond donors (Lipinski definition) is 2. The van der Waals surface area contributed by atoms with E-state index in [1.54, 1.807) is 13.2 Å². The molecule has 0 unspecified atom stereocenters. The fourth-order valence-corrected chi connectivity index (χ4v) is 2.24. The van der Waals surface area contributed by atoms with Crippen LogP contribution in [0.5, 0.6) is 0 Å². The summed E-state index contributed by atoms with van der Waals surface area (Å²) in [7, 11) is 1.60. The Morgan fingerprint density at radius 3 is 3.10 bits per heavy atom. The summed E-state index contributed by atoms with van der Waals surface area (Å²) >= 11 is 0. The van der Waals surface area contributed by atoms with Crippen molar-refractivity contribution in [2.75, 3.05) is 20.3 Å². The fraction of sp³-hybridized carbons (Fsp3) is 0.462. The van der Waals surface area contributed by atoms with Gasteiger partial charge < -0.3 is 20.1 Å². The number of carbonyl (C=O) groups excluding carboxylic acids is 1. The van der Waals surface area contributed by atoms with E-state index in [1.807, 2.05) is 12.1 Å². The summed E-state index contributed by atoms with van der Waals surface area (Å²) in [4.78, 5) is 11.9. The van der Waals surface area contributed by atoms with Crippen LogP contribution in [0, 0.1) is 0 Å². The summed E-state index contributed by atoms with van der Waals surface area (Å²) < 4.78 is 15.1. The van der Waals surface area contributed by atoms with Gasteiger partial charge in [-0.3, -0.25) is 0 Å². The van der Waals surface area contributed by atoms with Crippen molar-refractivity contribution in [3.63, 3.8) is 0 Å². The van der Waals surface area contributed by atoms with Crippen molar-refractivity contribution in [3.8, 4) is 0 Å². The van der Waals surface area contributed by atoms with Crippen LogP contribution in [0.3, 0.4) is 0 Å². The maximum Gasteiger partial charge on any atom is 0.315 e. The van der Waals surface area contributed by atoms with Gasteiger partial charge in [0.25, 0.3) is 0 Å². The molecule has 2 N–H and O–H groups in total. The summed E-state index contributed by atoms with van der Waals surface area (Å²) in [6, 6.07) is 5.10. The van der Waals surface area contributed by atoms with Gasteiger partial charge in [-0.2, -0.15) is 0 Å². The van der Waals surface area contributed by atoms with E-state index >= 15 is 0 Å². The second kappa shape index (κ2) is 6.06. The first kappa shape index (κ1) is 13.8. The molecule has 3 rings (SSSR count). The van der Waals surface area contributed by atoms with Gasteiger partial charge in [-0.05, 0) is 28.0 Å². The minimum atomic E-state index is -0.258. The van der Waals surface area contributed by atoms with Crippen LogP contribution in [0.1, 0.15) is 5.56 Å². The zero-order chi connectivity index (χ0) is 14.7. The highest BCUT2D eigenvalue weighted by Crippen LogP contribution is 2.11. The molecule has 1 aliphatic rings. The third kappa shape index (κ3) is 3.11. The molecule has 2 amide bonds. The van der Waals surface area contributed by atoms with Gasteiger partial charge in [0, 0.05) is 13.7 Å². The number of rotatable bonds is 4.